The molecule has 5 fully saturated rings. The predicted molar refractivity (Wildman–Crippen MR) is 167 cm³/mol. The van der Waals surface area contributed by atoms with Gasteiger partial charge in [0.15, 0.2) is 0 Å². The molecule has 43 heavy (non-hydrogen) atoms. The molecule has 0 radical (unpaired) electrons. The van der Waals surface area contributed by atoms with E-state index in [1.807, 2.05) is 38.1 Å². The van der Waals surface area contributed by atoms with E-state index in [1.165, 1.54) is 6.26 Å². The van der Waals surface area contributed by atoms with Gasteiger partial charge >= 0.3 is 6.09 Å². The van der Waals surface area contributed by atoms with Crippen molar-refractivity contribution in [2.45, 2.75) is 63.1 Å². The van der Waals surface area contributed by atoms with Crippen LogP contribution in [0.2, 0.25) is 0 Å². The minimum atomic E-state index is -3.26. The van der Waals surface area contributed by atoms with E-state index in [0.717, 1.165) is 54.9 Å². The van der Waals surface area contributed by atoms with E-state index in [-0.39, 0.29) is 6.04 Å². The maximum atomic E-state index is 13.2. The van der Waals surface area contributed by atoms with Gasteiger partial charge in [-0.2, -0.15) is 4.31 Å². The first kappa shape index (κ1) is 28.7. The van der Waals surface area contributed by atoms with Crippen LogP contribution < -0.4 is 20.2 Å². The van der Waals surface area contributed by atoms with Crippen molar-refractivity contribution in [1.29, 1.82) is 0 Å². The first-order valence-corrected chi connectivity index (χ1v) is 17.4. The smallest absolute Gasteiger partial charge is 0.390 e. The van der Waals surface area contributed by atoms with Crippen LogP contribution in [-0.4, -0.2) is 80.1 Å². The number of carbonyl (C=O) groups is 1. The van der Waals surface area contributed by atoms with Crippen LogP contribution in [0.3, 0.4) is 0 Å². The average Bonchev–Trinajstić information content (AvgIpc) is 2.93. The van der Waals surface area contributed by atoms with Crippen molar-refractivity contribution in [3.8, 4) is 0 Å². The predicted octanol–water partition coefficient (Wildman–Crippen LogP) is 4.09. The minimum Gasteiger partial charge on any atom is -0.390 e. The molecule has 11 heteroatoms. The van der Waals surface area contributed by atoms with Crippen LogP contribution in [0.4, 0.5) is 27.5 Å². The van der Waals surface area contributed by atoms with E-state index < -0.39 is 27.3 Å². The molecule has 2 heterocycles. The van der Waals surface area contributed by atoms with Crippen molar-refractivity contribution < 1.29 is 23.2 Å². The SMILES string of the molecule is CC1(C)CN(c2ccc(N3CCN(OC(=O)NC4[C@@H]5CC6C[C@H]4CC(O)(C6)C5)c4ccccc43)cc2)CCN1S(C)(=O)=O. The molecule has 4 aliphatic carbocycles. The fraction of sp³-hybridized carbons (Fsp3) is 0.594. The maximum Gasteiger partial charge on any atom is 0.431 e. The Hall–Kier alpha value is -3.02. The lowest BCUT2D eigenvalue weighted by molar-refractivity contribution is -0.137. The highest BCUT2D eigenvalue weighted by Crippen LogP contribution is 2.55. The second-order valence-electron chi connectivity index (χ2n) is 14.1. The molecule has 4 bridgehead atoms. The van der Waals surface area contributed by atoms with Gasteiger partial charge in [0.2, 0.25) is 10.0 Å². The van der Waals surface area contributed by atoms with Gasteiger partial charge in [-0.3, -0.25) is 0 Å². The largest absolute Gasteiger partial charge is 0.431 e. The number of rotatable bonds is 5. The highest BCUT2D eigenvalue weighted by atomic mass is 32.2. The van der Waals surface area contributed by atoms with Gasteiger partial charge in [-0.05, 0) is 100 Å². The van der Waals surface area contributed by atoms with Gasteiger partial charge < -0.3 is 25.1 Å². The number of benzene rings is 2. The Bertz CT molecular complexity index is 1480. The lowest BCUT2D eigenvalue weighted by Crippen LogP contribution is -2.62. The van der Waals surface area contributed by atoms with Crippen molar-refractivity contribution in [3.05, 3.63) is 48.5 Å². The van der Waals surface area contributed by atoms with E-state index in [1.54, 1.807) is 9.37 Å². The third-order valence-electron chi connectivity index (χ3n) is 10.4. The summed E-state index contributed by atoms with van der Waals surface area (Å²) in [4.78, 5) is 23.6. The molecular weight excluding hydrogens is 566 g/mol. The fourth-order valence-corrected chi connectivity index (χ4v) is 10.4. The fourth-order valence-electron chi connectivity index (χ4n) is 9.00. The number of fused-ring (bicyclic) bond motifs is 1. The Kier molecular flexibility index (Phi) is 6.87. The second-order valence-corrected chi connectivity index (χ2v) is 16.0. The summed E-state index contributed by atoms with van der Waals surface area (Å²) in [5, 5.41) is 15.8. The standard InChI is InChI=1S/C32H43N5O5S/c1-31(2)21-34(12-15-37(31)43(3,40)41)25-8-10-26(11-9-25)35-13-14-36(28-7-5-4-6-27(28)35)42-30(38)33-29-23-16-22-17-24(29)20-32(39,18-22)19-23/h4-11,22-24,29,39H,12-21H2,1-3H3,(H,33,38)/t22?,23-,24+,29?,32?. The zero-order valence-corrected chi connectivity index (χ0v) is 26.1. The Morgan fingerprint density at radius 3 is 2.19 bits per heavy atom. The van der Waals surface area contributed by atoms with Gasteiger partial charge in [0.05, 0.1) is 29.8 Å². The number of hydrogen-bond donors (Lipinski definition) is 2. The molecule has 1 amide bonds. The monoisotopic (exact) mass is 609 g/mol. The summed E-state index contributed by atoms with van der Waals surface area (Å²) < 4.78 is 26.1. The summed E-state index contributed by atoms with van der Waals surface area (Å²) in [7, 11) is -3.26. The van der Waals surface area contributed by atoms with E-state index in [9.17, 15) is 18.3 Å². The van der Waals surface area contributed by atoms with E-state index in [0.29, 0.717) is 50.5 Å². The molecule has 8 rings (SSSR count). The van der Waals surface area contributed by atoms with Crippen LogP contribution in [0.1, 0.15) is 46.0 Å². The quantitative estimate of drug-likeness (QED) is 0.523. The van der Waals surface area contributed by atoms with E-state index in [4.69, 9.17) is 4.84 Å². The van der Waals surface area contributed by atoms with E-state index >= 15 is 0 Å². The first-order valence-electron chi connectivity index (χ1n) is 15.6. The summed E-state index contributed by atoms with van der Waals surface area (Å²) >= 11 is 0. The van der Waals surface area contributed by atoms with Crippen molar-refractivity contribution in [2.75, 3.05) is 53.8 Å². The highest BCUT2D eigenvalue weighted by Gasteiger charge is 2.55. The van der Waals surface area contributed by atoms with Crippen LogP contribution in [-0.2, 0) is 14.9 Å². The highest BCUT2D eigenvalue weighted by molar-refractivity contribution is 7.88. The normalized spacial score (nSPS) is 31.6. The van der Waals surface area contributed by atoms with Gasteiger partial charge in [-0.25, -0.2) is 18.3 Å². The molecule has 2 aromatic rings. The Balaban J connectivity index is 1.02. The Morgan fingerprint density at radius 1 is 0.907 bits per heavy atom. The molecule has 6 aliphatic rings. The summed E-state index contributed by atoms with van der Waals surface area (Å²) in [5.41, 5.74) is 2.88. The Labute approximate surface area is 254 Å². The molecule has 0 aromatic heterocycles. The number of aliphatic hydroxyl groups is 1. The van der Waals surface area contributed by atoms with E-state index in [2.05, 4.69) is 39.4 Å². The summed E-state index contributed by atoms with van der Waals surface area (Å²) in [6.45, 7) is 6.83. The van der Waals surface area contributed by atoms with Gasteiger partial charge in [0.25, 0.3) is 0 Å². The molecule has 5 atom stereocenters. The summed E-state index contributed by atoms with van der Waals surface area (Å²) in [6, 6.07) is 16.4. The number of amides is 1. The van der Waals surface area contributed by atoms with Crippen LogP contribution in [0, 0.1) is 17.8 Å². The maximum absolute atomic E-state index is 13.2. The summed E-state index contributed by atoms with van der Waals surface area (Å²) in [6.07, 6.45) is 5.50. The van der Waals surface area contributed by atoms with Crippen molar-refractivity contribution in [1.82, 2.24) is 9.62 Å². The topological polar surface area (TPSA) is 106 Å². The second kappa shape index (κ2) is 10.3. The number of anilines is 4. The molecule has 2 aromatic carbocycles. The average molecular weight is 610 g/mol. The van der Waals surface area contributed by atoms with Gasteiger partial charge in [-0.15, -0.1) is 0 Å². The number of hydrogen-bond acceptors (Lipinski definition) is 8. The minimum absolute atomic E-state index is 0.0688. The third kappa shape index (κ3) is 5.33. The third-order valence-corrected chi connectivity index (χ3v) is 11.9. The number of piperazine rings is 1. The van der Waals surface area contributed by atoms with Crippen LogP contribution in [0.5, 0.6) is 0 Å². The van der Waals surface area contributed by atoms with Crippen molar-refractivity contribution >= 4 is 38.9 Å². The zero-order valence-electron chi connectivity index (χ0n) is 25.3. The van der Waals surface area contributed by atoms with Gasteiger partial charge in [0, 0.05) is 49.1 Å². The number of para-hydroxylation sites is 2. The lowest BCUT2D eigenvalue weighted by atomic mass is 9.52. The Morgan fingerprint density at radius 2 is 1.56 bits per heavy atom. The molecule has 2 N–H and O–H groups in total. The van der Waals surface area contributed by atoms with Crippen LogP contribution in [0.25, 0.3) is 0 Å². The number of carbonyl (C=O) groups excluding carboxylic acids is 1. The first-order chi connectivity index (χ1) is 20.4. The van der Waals surface area contributed by atoms with Gasteiger partial charge in [-0.1, -0.05) is 12.1 Å². The molecule has 1 saturated heterocycles. The van der Waals surface area contributed by atoms with Crippen molar-refractivity contribution in [3.63, 3.8) is 0 Å². The van der Waals surface area contributed by atoms with Crippen LogP contribution in [0.15, 0.2) is 48.5 Å². The molecule has 0 spiro atoms. The summed E-state index contributed by atoms with van der Waals surface area (Å²) in [5.74, 6) is 1.23. The van der Waals surface area contributed by atoms with Crippen molar-refractivity contribution in [2.24, 2.45) is 17.8 Å². The lowest BCUT2D eigenvalue weighted by Gasteiger charge is -2.57. The molecule has 10 nitrogen and oxygen atoms in total. The molecular formula is C32H43N5O5S. The van der Waals surface area contributed by atoms with Crippen LogP contribution >= 0.6 is 0 Å². The molecule has 3 unspecified atom stereocenters. The number of nitrogens with one attached hydrogen (secondary N) is 1. The number of hydroxylamine groups is 1. The molecule has 2 aliphatic heterocycles. The molecule has 4 saturated carbocycles. The zero-order chi connectivity index (χ0) is 30.1. The van der Waals surface area contributed by atoms with Gasteiger partial charge in [0.1, 0.15) is 0 Å². The molecule has 232 valence electrons. The number of sulfonamides is 1. The number of nitrogens with zero attached hydrogens (tertiary/aromatic N) is 4.